The average Bonchev–Trinajstić information content (AvgIpc) is 2.88. The lowest BCUT2D eigenvalue weighted by Crippen LogP contribution is -2.30. The molecule has 0 aliphatic carbocycles. The molecule has 37 heavy (non-hydrogen) atoms. The molecule has 10 heteroatoms. The van der Waals surface area contributed by atoms with Crippen LogP contribution in [0.2, 0.25) is 0 Å². The molecule has 200 valence electrons. The number of rotatable bonds is 15. The van der Waals surface area contributed by atoms with Crippen LogP contribution in [0.3, 0.4) is 0 Å². The molecule has 0 aromatic heterocycles. The number of hydrogen-bond acceptors (Lipinski definition) is 10. The molecule has 0 aliphatic heterocycles. The zero-order valence-electron chi connectivity index (χ0n) is 20.4. The summed E-state index contributed by atoms with van der Waals surface area (Å²) < 4.78 is 16.8. The molecule has 6 N–H and O–H groups in total. The molecule has 3 aromatic carbocycles. The molecule has 0 aliphatic rings. The number of para-hydroxylation sites is 3. The standard InChI is InChI=1S/C27H33NO9/c29-19-7-1-10-22(25(19)32)35-16-4-13-28(14-5-17-36-23-11-2-8-20(30)26(23)33)15-6-18-37-24-12-3-9-21(31)27(24)34/h1-3,7-12,29-34H,4-6,13-18H2. The fourth-order valence-corrected chi connectivity index (χ4v) is 3.63. The van der Waals surface area contributed by atoms with E-state index >= 15 is 0 Å². The maximum Gasteiger partial charge on any atom is 0.200 e. The van der Waals surface area contributed by atoms with Gasteiger partial charge in [-0.25, -0.2) is 0 Å². The van der Waals surface area contributed by atoms with Gasteiger partial charge in [-0.05, 0) is 55.7 Å². The second-order valence-electron chi connectivity index (χ2n) is 8.32. The van der Waals surface area contributed by atoms with E-state index in [-0.39, 0.29) is 51.7 Å². The van der Waals surface area contributed by atoms with E-state index in [1.54, 1.807) is 36.4 Å². The zero-order valence-corrected chi connectivity index (χ0v) is 20.4. The van der Waals surface area contributed by atoms with Crippen LogP contribution < -0.4 is 14.2 Å². The number of phenolic OH excluding ortho intramolecular Hbond substituents is 6. The summed E-state index contributed by atoms with van der Waals surface area (Å²) in [5, 5.41) is 58.4. The van der Waals surface area contributed by atoms with Crippen molar-refractivity contribution in [1.82, 2.24) is 4.90 Å². The van der Waals surface area contributed by atoms with Gasteiger partial charge in [0.05, 0.1) is 19.8 Å². The van der Waals surface area contributed by atoms with Crippen LogP contribution in [0.4, 0.5) is 0 Å². The van der Waals surface area contributed by atoms with Gasteiger partial charge < -0.3 is 49.7 Å². The molecule has 0 atom stereocenters. The Morgan fingerprint density at radius 3 is 1.05 bits per heavy atom. The Hall–Kier alpha value is -4.18. The van der Waals surface area contributed by atoms with Crippen LogP contribution in [0.15, 0.2) is 54.6 Å². The van der Waals surface area contributed by atoms with E-state index in [0.717, 1.165) is 0 Å². The Kier molecular flexibility index (Phi) is 10.2. The van der Waals surface area contributed by atoms with Crippen molar-refractivity contribution < 1.29 is 44.8 Å². The van der Waals surface area contributed by atoms with Crippen LogP contribution >= 0.6 is 0 Å². The molecule has 0 amide bonds. The van der Waals surface area contributed by atoms with Gasteiger partial charge in [0, 0.05) is 19.6 Å². The molecular formula is C27H33NO9. The number of nitrogens with zero attached hydrogens (tertiary/aromatic N) is 1. The fourth-order valence-electron chi connectivity index (χ4n) is 3.63. The maximum atomic E-state index is 9.87. The molecule has 0 fully saturated rings. The maximum absolute atomic E-state index is 9.87. The van der Waals surface area contributed by atoms with Gasteiger partial charge in [0.15, 0.2) is 34.5 Å². The average molecular weight is 516 g/mol. The normalized spacial score (nSPS) is 10.9. The second kappa shape index (κ2) is 13.8. The van der Waals surface area contributed by atoms with E-state index in [2.05, 4.69) is 4.90 Å². The van der Waals surface area contributed by atoms with Gasteiger partial charge in [0.2, 0.25) is 17.2 Å². The largest absolute Gasteiger partial charge is 0.504 e. The predicted octanol–water partition coefficient (Wildman–Crippen LogP) is 3.93. The van der Waals surface area contributed by atoms with E-state index in [4.69, 9.17) is 14.2 Å². The minimum Gasteiger partial charge on any atom is -0.504 e. The minimum atomic E-state index is -0.293. The second-order valence-corrected chi connectivity index (χ2v) is 8.32. The molecule has 10 nitrogen and oxygen atoms in total. The van der Waals surface area contributed by atoms with Crippen LogP contribution in [-0.4, -0.2) is 75.0 Å². The SMILES string of the molecule is Oc1cccc(OCCCN(CCCOc2cccc(O)c2O)CCCOc2cccc(O)c2O)c1O. The molecular weight excluding hydrogens is 482 g/mol. The number of hydrogen-bond donors (Lipinski definition) is 6. The van der Waals surface area contributed by atoms with Crippen LogP contribution in [0.1, 0.15) is 19.3 Å². The molecule has 0 heterocycles. The zero-order chi connectivity index (χ0) is 26.6. The first-order valence-electron chi connectivity index (χ1n) is 12.0. The third-order valence-electron chi connectivity index (χ3n) is 5.56. The smallest absolute Gasteiger partial charge is 0.200 e. The monoisotopic (exact) mass is 515 g/mol. The van der Waals surface area contributed by atoms with Gasteiger partial charge in [0.25, 0.3) is 0 Å². The molecule has 0 saturated carbocycles. The topological polar surface area (TPSA) is 152 Å². The Labute approximate surface area is 215 Å². The van der Waals surface area contributed by atoms with Crippen molar-refractivity contribution in [3.05, 3.63) is 54.6 Å². The predicted molar refractivity (Wildman–Crippen MR) is 136 cm³/mol. The number of aromatic hydroxyl groups is 6. The first-order valence-corrected chi connectivity index (χ1v) is 12.0. The number of ether oxygens (including phenoxy) is 3. The highest BCUT2D eigenvalue weighted by Crippen LogP contribution is 2.36. The van der Waals surface area contributed by atoms with E-state index in [1.807, 2.05) is 0 Å². The third-order valence-corrected chi connectivity index (χ3v) is 5.56. The summed E-state index contributed by atoms with van der Waals surface area (Å²) in [5.74, 6) is -0.961. The van der Waals surface area contributed by atoms with Gasteiger partial charge >= 0.3 is 0 Å². The summed E-state index contributed by atoms with van der Waals surface area (Å²) >= 11 is 0. The first kappa shape index (κ1) is 27.4. The Balaban J connectivity index is 1.47. The lowest BCUT2D eigenvalue weighted by atomic mass is 10.3. The van der Waals surface area contributed by atoms with Crippen molar-refractivity contribution >= 4 is 0 Å². The lowest BCUT2D eigenvalue weighted by molar-refractivity contribution is 0.194. The first-order chi connectivity index (χ1) is 17.9. The van der Waals surface area contributed by atoms with Gasteiger partial charge in [-0.2, -0.15) is 0 Å². The number of benzene rings is 3. The summed E-state index contributed by atoms with van der Waals surface area (Å²) in [6.45, 7) is 3.01. The van der Waals surface area contributed by atoms with E-state index < -0.39 is 0 Å². The summed E-state index contributed by atoms with van der Waals surface area (Å²) in [4.78, 5) is 2.18. The lowest BCUT2D eigenvalue weighted by Gasteiger charge is -2.23. The van der Waals surface area contributed by atoms with Gasteiger partial charge in [-0.1, -0.05) is 18.2 Å². The molecule has 0 radical (unpaired) electrons. The van der Waals surface area contributed by atoms with Crippen molar-refractivity contribution in [2.24, 2.45) is 0 Å². The van der Waals surface area contributed by atoms with Crippen molar-refractivity contribution in [3.63, 3.8) is 0 Å². The quantitative estimate of drug-likeness (QED) is 0.130. The highest BCUT2D eigenvalue weighted by atomic mass is 16.5. The summed E-state index contributed by atoms with van der Waals surface area (Å²) in [6.07, 6.45) is 1.95. The molecule has 0 saturated heterocycles. The minimum absolute atomic E-state index is 0.213. The van der Waals surface area contributed by atoms with Crippen molar-refractivity contribution in [2.45, 2.75) is 19.3 Å². The highest BCUT2D eigenvalue weighted by Gasteiger charge is 2.11. The number of phenols is 6. The van der Waals surface area contributed by atoms with Crippen LogP contribution in [0.5, 0.6) is 51.7 Å². The molecule has 3 aromatic rings. The van der Waals surface area contributed by atoms with Gasteiger partial charge in [0.1, 0.15) is 0 Å². The van der Waals surface area contributed by atoms with Crippen molar-refractivity contribution in [2.75, 3.05) is 39.5 Å². The Morgan fingerprint density at radius 1 is 0.459 bits per heavy atom. The van der Waals surface area contributed by atoms with E-state index in [9.17, 15) is 30.6 Å². The summed E-state index contributed by atoms with van der Waals surface area (Å²) in [5.41, 5.74) is 0. The van der Waals surface area contributed by atoms with Gasteiger partial charge in [-0.3, -0.25) is 0 Å². The Bertz CT molecular complexity index is 997. The highest BCUT2D eigenvalue weighted by molar-refractivity contribution is 5.50. The Morgan fingerprint density at radius 2 is 0.757 bits per heavy atom. The van der Waals surface area contributed by atoms with Crippen molar-refractivity contribution in [3.8, 4) is 51.7 Å². The van der Waals surface area contributed by atoms with E-state index in [1.165, 1.54) is 18.2 Å². The van der Waals surface area contributed by atoms with Crippen molar-refractivity contribution in [1.29, 1.82) is 0 Å². The third kappa shape index (κ3) is 8.18. The van der Waals surface area contributed by atoms with Gasteiger partial charge in [-0.15, -0.1) is 0 Å². The van der Waals surface area contributed by atoms with Crippen LogP contribution in [0, 0.1) is 0 Å². The summed E-state index contributed by atoms with van der Waals surface area (Å²) in [6, 6.07) is 13.6. The molecule has 0 unspecified atom stereocenters. The van der Waals surface area contributed by atoms with E-state index in [0.29, 0.717) is 58.7 Å². The van der Waals surface area contributed by atoms with Crippen LogP contribution in [0.25, 0.3) is 0 Å². The summed E-state index contributed by atoms with van der Waals surface area (Å²) in [7, 11) is 0. The molecule has 0 bridgehead atoms. The molecule has 3 rings (SSSR count). The molecule has 0 spiro atoms. The fraction of sp³-hybridized carbons (Fsp3) is 0.333. The van der Waals surface area contributed by atoms with Crippen LogP contribution in [-0.2, 0) is 0 Å².